The minimum Gasteiger partial charge on any atom is -0.478 e. The van der Waals surface area contributed by atoms with Crippen molar-refractivity contribution in [2.45, 2.75) is 25.7 Å². The van der Waals surface area contributed by atoms with Crippen LogP contribution in [-0.4, -0.2) is 24.2 Å². The summed E-state index contributed by atoms with van der Waals surface area (Å²) in [7, 11) is 0. The van der Waals surface area contributed by atoms with Gasteiger partial charge in [0.15, 0.2) is 0 Å². The number of carboxylic acids is 1. The second kappa shape index (κ2) is 6.98. The van der Waals surface area contributed by atoms with Crippen LogP contribution in [0.1, 0.15) is 45.5 Å². The summed E-state index contributed by atoms with van der Waals surface area (Å²) in [6, 6.07) is 15.5. The van der Waals surface area contributed by atoms with E-state index < -0.39 is 5.97 Å². The molecule has 0 atom stereocenters. The fourth-order valence-corrected chi connectivity index (χ4v) is 5.04. The van der Waals surface area contributed by atoms with Gasteiger partial charge in [0.2, 0.25) is 0 Å². The molecule has 154 valence electrons. The lowest BCUT2D eigenvalue weighted by Gasteiger charge is -2.29. The molecule has 0 amide bonds. The molecule has 3 aromatic carbocycles. The fraction of sp³-hybridized carbons (Fsp3) is 0.231. The van der Waals surface area contributed by atoms with Gasteiger partial charge in [0.25, 0.3) is 0 Å². The van der Waals surface area contributed by atoms with Crippen LogP contribution in [0.4, 0.5) is 5.69 Å². The second-order valence-corrected chi connectivity index (χ2v) is 8.25. The number of rotatable bonds is 2. The largest absolute Gasteiger partial charge is 0.478 e. The molecule has 3 aromatic rings. The third-order valence-electron chi connectivity index (χ3n) is 6.45. The number of nitrogens with zero attached hydrogens (tertiary/aromatic N) is 1. The second-order valence-electron chi connectivity index (χ2n) is 8.25. The number of ether oxygens (including phenoxy) is 1. The van der Waals surface area contributed by atoms with Gasteiger partial charge in [0.1, 0.15) is 11.5 Å². The lowest BCUT2D eigenvalue weighted by atomic mass is 9.86. The lowest BCUT2D eigenvalue weighted by Crippen LogP contribution is -2.27. The summed E-state index contributed by atoms with van der Waals surface area (Å²) in [6.07, 6.45) is 3.89. The minimum atomic E-state index is -0.926. The minimum absolute atomic E-state index is 0.301. The van der Waals surface area contributed by atoms with E-state index in [-0.39, 0.29) is 0 Å². The van der Waals surface area contributed by atoms with E-state index in [1.165, 1.54) is 5.56 Å². The summed E-state index contributed by atoms with van der Waals surface area (Å²) in [5.74, 6) is 0.763. The number of nitrogens with one attached hydrogen (secondary N) is 1. The van der Waals surface area contributed by atoms with E-state index in [2.05, 4.69) is 17.4 Å². The molecular formula is C26H22N2O3. The van der Waals surface area contributed by atoms with Gasteiger partial charge in [-0.1, -0.05) is 18.2 Å². The van der Waals surface area contributed by atoms with E-state index in [1.54, 1.807) is 12.1 Å². The predicted octanol–water partition coefficient (Wildman–Crippen LogP) is 3.66. The summed E-state index contributed by atoms with van der Waals surface area (Å²) in [5, 5.41) is 15.3. The van der Waals surface area contributed by atoms with Crippen molar-refractivity contribution >= 4 is 17.2 Å². The number of anilines is 1. The van der Waals surface area contributed by atoms with Gasteiger partial charge in [0.05, 0.1) is 10.9 Å². The van der Waals surface area contributed by atoms with Crippen LogP contribution in [0.3, 0.4) is 0 Å². The number of hydrogen-bond acceptors (Lipinski definition) is 4. The monoisotopic (exact) mass is 410 g/mol. The molecule has 0 saturated carbocycles. The maximum Gasteiger partial charge on any atom is 0.336 e. The maximum atomic E-state index is 12.1. The van der Waals surface area contributed by atoms with Gasteiger partial charge < -0.3 is 15.2 Å². The zero-order valence-electron chi connectivity index (χ0n) is 17.1. The van der Waals surface area contributed by atoms with Gasteiger partial charge in [-0.2, -0.15) is 0 Å². The van der Waals surface area contributed by atoms with Gasteiger partial charge in [-0.25, -0.2) is 4.79 Å². The SMILES string of the molecule is O=C(O)c1ccccc1C1=c2ccc3c(c2Oc2c1ccc1c2CCCN1)CCCN=3. The van der Waals surface area contributed by atoms with Crippen LogP contribution in [0.2, 0.25) is 0 Å². The average Bonchev–Trinajstić information content (AvgIpc) is 2.82. The molecule has 0 bridgehead atoms. The van der Waals surface area contributed by atoms with Gasteiger partial charge >= 0.3 is 5.97 Å². The molecule has 3 aliphatic rings. The van der Waals surface area contributed by atoms with Crippen LogP contribution in [0, 0.1) is 0 Å². The Hall–Kier alpha value is -3.60. The first kappa shape index (κ1) is 18.2. The molecule has 0 aliphatic carbocycles. The van der Waals surface area contributed by atoms with Gasteiger partial charge in [-0.15, -0.1) is 0 Å². The predicted molar refractivity (Wildman–Crippen MR) is 119 cm³/mol. The van der Waals surface area contributed by atoms with Crippen molar-refractivity contribution in [1.29, 1.82) is 0 Å². The van der Waals surface area contributed by atoms with Crippen molar-refractivity contribution in [1.82, 2.24) is 0 Å². The maximum absolute atomic E-state index is 12.1. The van der Waals surface area contributed by atoms with Gasteiger partial charge in [-0.05, 0) is 61.6 Å². The lowest BCUT2D eigenvalue weighted by molar-refractivity contribution is 0.0696. The van der Waals surface area contributed by atoms with Gasteiger partial charge in [0, 0.05) is 46.3 Å². The molecule has 5 heteroatoms. The molecule has 0 spiro atoms. The molecule has 6 rings (SSSR count). The Balaban J connectivity index is 1.75. The Labute approximate surface area is 179 Å². The standard InChI is InChI=1S/C26H22N2O3/c29-26(30)16-6-2-1-5-15(16)23-19-9-11-21-17(7-3-13-27-21)24(19)31-25-18-8-4-14-28-22(18)12-10-20(23)25/h1-2,5-6,9-12,27H,3-4,7-8,13-14H2,(H,29,30). The zero-order chi connectivity index (χ0) is 20.9. The number of carbonyl (C=O) groups is 1. The molecule has 3 heterocycles. The van der Waals surface area contributed by atoms with E-state index >= 15 is 0 Å². The molecule has 0 saturated heterocycles. The quantitative estimate of drug-likeness (QED) is 0.529. The molecule has 0 radical (unpaired) electrons. The molecule has 0 unspecified atom stereocenters. The molecule has 0 fully saturated rings. The molecule has 3 aliphatic heterocycles. The average molecular weight is 410 g/mol. The van der Waals surface area contributed by atoms with Crippen molar-refractivity contribution < 1.29 is 14.6 Å². The topological polar surface area (TPSA) is 70.9 Å². The molecule has 31 heavy (non-hydrogen) atoms. The highest BCUT2D eigenvalue weighted by Crippen LogP contribution is 2.44. The van der Waals surface area contributed by atoms with E-state index in [4.69, 9.17) is 9.73 Å². The number of carboxylic acid groups (broad SMARTS) is 1. The van der Waals surface area contributed by atoms with Gasteiger partial charge in [-0.3, -0.25) is 4.99 Å². The summed E-state index contributed by atoms with van der Waals surface area (Å²) in [6.45, 7) is 1.79. The highest BCUT2D eigenvalue weighted by atomic mass is 16.5. The van der Waals surface area contributed by atoms with E-state index in [9.17, 15) is 9.90 Å². The molecule has 2 N–H and O–H groups in total. The van der Waals surface area contributed by atoms with Crippen LogP contribution in [-0.2, 0) is 12.8 Å². The van der Waals surface area contributed by atoms with Crippen LogP contribution in [0.15, 0.2) is 53.5 Å². The van der Waals surface area contributed by atoms with Crippen molar-refractivity contribution in [2.24, 2.45) is 4.99 Å². The van der Waals surface area contributed by atoms with E-state index in [0.717, 1.165) is 88.8 Å². The van der Waals surface area contributed by atoms with E-state index in [0.29, 0.717) is 5.56 Å². The number of aromatic carboxylic acids is 1. The summed E-state index contributed by atoms with van der Waals surface area (Å²) in [4.78, 5) is 16.8. The summed E-state index contributed by atoms with van der Waals surface area (Å²) in [5.41, 5.74) is 6.30. The third kappa shape index (κ3) is 2.76. The summed E-state index contributed by atoms with van der Waals surface area (Å²) < 4.78 is 6.66. The van der Waals surface area contributed by atoms with Crippen LogP contribution < -0.4 is 20.6 Å². The van der Waals surface area contributed by atoms with Crippen molar-refractivity contribution in [3.05, 3.63) is 86.9 Å². The van der Waals surface area contributed by atoms with Crippen LogP contribution in [0.5, 0.6) is 11.5 Å². The van der Waals surface area contributed by atoms with Crippen LogP contribution in [0.25, 0.3) is 5.57 Å². The number of hydrogen-bond donors (Lipinski definition) is 2. The molecular weight excluding hydrogens is 388 g/mol. The first-order valence-electron chi connectivity index (χ1n) is 10.8. The molecule has 5 nitrogen and oxygen atoms in total. The first-order valence-corrected chi connectivity index (χ1v) is 10.8. The van der Waals surface area contributed by atoms with Crippen molar-refractivity contribution in [3.8, 4) is 11.5 Å². The Morgan fingerprint density at radius 1 is 0.935 bits per heavy atom. The fourth-order valence-electron chi connectivity index (χ4n) is 5.04. The normalized spacial score (nSPS) is 15.9. The number of benzene rings is 3. The highest BCUT2D eigenvalue weighted by molar-refractivity contribution is 5.98. The number of fused-ring (bicyclic) bond motifs is 6. The summed E-state index contributed by atoms with van der Waals surface area (Å²) >= 11 is 0. The Morgan fingerprint density at radius 3 is 2.71 bits per heavy atom. The Bertz CT molecular complexity index is 1370. The Morgan fingerprint density at radius 2 is 1.81 bits per heavy atom. The Kier molecular flexibility index (Phi) is 4.10. The van der Waals surface area contributed by atoms with Crippen molar-refractivity contribution in [2.75, 3.05) is 18.4 Å². The first-order chi connectivity index (χ1) is 15.2. The van der Waals surface area contributed by atoms with Crippen molar-refractivity contribution in [3.63, 3.8) is 0 Å². The third-order valence-corrected chi connectivity index (χ3v) is 6.45. The molecule has 0 aromatic heterocycles. The van der Waals surface area contributed by atoms with Crippen LogP contribution >= 0.6 is 0 Å². The van der Waals surface area contributed by atoms with E-state index in [1.807, 2.05) is 24.3 Å². The zero-order valence-corrected chi connectivity index (χ0v) is 17.1. The highest BCUT2D eigenvalue weighted by Gasteiger charge is 2.29. The smallest absolute Gasteiger partial charge is 0.336 e.